The minimum absolute atomic E-state index is 0.635. The Morgan fingerprint density at radius 2 is 1.56 bits per heavy atom. The lowest BCUT2D eigenvalue weighted by molar-refractivity contribution is 0.409. The minimum atomic E-state index is -3.03. The molecule has 2 aromatic carbocycles. The molecule has 0 aliphatic rings. The Morgan fingerprint density at radius 3 is 2.17 bits per heavy atom. The molecule has 2 aromatic rings. The molecule has 3 nitrogen and oxygen atoms in total. The van der Waals surface area contributed by atoms with Gasteiger partial charge in [-0.05, 0) is 30.3 Å². The second-order valence-corrected chi connectivity index (χ2v) is 6.27. The first-order valence-electron chi connectivity index (χ1n) is 5.57. The van der Waals surface area contributed by atoms with E-state index in [4.69, 9.17) is 9.26 Å². The molecule has 94 valence electrons. The van der Waals surface area contributed by atoms with Gasteiger partial charge in [0.1, 0.15) is 5.75 Å². The van der Waals surface area contributed by atoms with Gasteiger partial charge in [0.05, 0.1) is 7.11 Å². The van der Waals surface area contributed by atoms with Crippen LogP contribution < -0.4 is 15.3 Å². The van der Waals surface area contributed by atoms with Crippen molar-refractivity contribution in [3.8, 4) is 5.75 Å². The van der Waals surface area contributed by atoms with Crippen molar-refractivity contribution < 1.29 is 13.8 Å². The van der Waals surface area contributed by atoms with Crippen molar-refractivity contribution in [2.75, 3.05) is 14.2 Å². The monoisotopic (exact) mass is 262 g/mol. The molecule has 1 unspecified atom stereocenters. The number of rotatable bonds is 4. The van der Waals surface area contributed by atoms with Crippen LogP contribution in [0.15, 0.2) is 54.6 Å². The van der Waals surface area contributed by atoms with Crippen LogP contribution in [0.3, 0.4) is 0 Å². The van der Waals surface area contributed by atoms with Gasteiger partial charge in [-0.3, -0.25) is 4.57 Å². The molecule has 4 heteroatoms. The zero-order valence-electron chi connectivity index (χ0n) is 10.4. The van der Waals surface area contributed by atoms with Crippen molar-refractivity contribution in [2.45, 2.75) is 0 Å². The summed E-state index contributed by atoms with van der Waals surface area (Å²) in [6, 6.07) is 16.4. The molecule has 0 aliphatic carbocycles. The molecule has 2 rings (SSSR count). The van der Waals surface area contributed by atoms with E-state index in [9.17, 15) is 4.57 Å². The third kappa shape index (κ3) is 2.33. The van der Waals surface area contributed by atoms with Crippen LogP contribution in [0, 0.1) is 0 Å². The van der Waals surface area contributed by atoms with Gasteiger partial charge in [-0.25, -0.2) is 0 Å². The van der Waals surface area contributed by atoms with Crippen molar-refractivity contribution >= 4 is 18.0 Å². The highest BCUT2D eigenvalue weighted by atomic mass is 31.2. The maximum Gasteiger partial charge on any atom is 0.261 e. The number of ether oxygens (including phenoxy) is 1. The van der Waals surface area contributed by atoms with E-state index in [1.54, 1.807) is 19.2 Å². The van der Waals surface area contributed by atoms with E-state index in [0.29, 0.717) is 16.4 Å². The molecule has 0 saturated carbocycles. The Balaban J connectivity index is 2.53. The summed E-state index contributed by atoms with van der Waals surface area (Å²) < 4.78 is 23.4. The van der Waals surface area contributed by atoms with Gasteiger partial charge in [0.2, 0.25) is 0 Å². The first-order valence-corrected chi connectivity index (χ1v) is 7.19. The van der Waals surface area contributed by atoms with Crippen LogP contribution in [0.1, 0.15) is 0 Å². The van der Waals surface area contributed by atoms with Gasteiger partial charge in [0.25, 0.3) is 7.37 Å². The molecule has 0 aliphatic heterocycles. The van der Waals surface area contributed by atoms with E-state index in [-0.39, 0.29) is 0 Å². The molecule has 0 amide bonds. The summed E-state index contributed by atoms with van der Waals surface area (Å²) in [7, 11) is 0.0231. The maximum atomic E-state index is 13.0. The highest BCUT2D eigenvalue weighted by Gasteiger charge is 2.27. The van der Waals surface area contributed by atoms with Gasteiger partial charge in [-0.2, -0.15) is 0 Å². The van der Waals surface area contributed by atoms with Crippen LogP contribution in [0.25, 0.3) is 0 Å². The summed E-state index contributed by atoms with van der Waals surface area (Å²) >= 11 is 0. The molecule has 1 atom stereocenters. The van der Waals surface area contributed by atoms with E-state index >= 15 is 0 Å². The van der Waals surface area contributed by atoms with Crippen LogP contribution in [0.2, 0.25) is 0 Å². The zero-order valence-corrected chi connectivity index (χ0v) is 11.3. The predicted molar refractivity (Wildman–Crippen MR) is 73.3 cm³/mol. The molecular weight excluding hydrogens is 247 g/mol. The zero-order chi connectivity index (χ0) is 13.0. The standard InChI is InChI=1S/C14H15O3P/c1-16-12-7-6-10-14(11-12)18(15,17-2)13-8-4-3-5-9-13/h3-11H,1-2H3. The molecule has 0 radical (unpaired) electrons. The third-order valence-corrected chi connectivity index (χ3v) is 5.20. The Hall–Kier alpha value is -1.57. The lowest BCUT2D eigenvalue weighted by Crippen LogP contribution is -2.17. The predicted octanol–water partition coefficient (Wildman–Crippen LogP) is 2.57. The average Bonchev–Trinajstić information content (AvgIpc) is 2.47. The van der Waals surface area contributed by atoms with E-state index < -0.39 is 7.37 Å². The van der Waals surface area contributed by atoms with Crippen molar-refractivity contribution in [2.24, 2.45) is 0 Å². The van der Waals surface area contributed by atoms with Crippen LogP contribution in [-0.2, 0) is 9.09 Å². The van der Waals surface area contributed by atoms with Crippen molar-refractivity contribution in [1.29, 1.82) is 0 Å². The quantitative estimate of drug-likeness (QED) is 0.794. The molecule has 0 fully saturated rings. The number of benzene rings is 2. The van der Waals surface area contributed by atoms with Crippen LogP contribution in [0.4, 0.5) is 0 Å². The van der Waals surface area contributed by atoms with E-state index in [1.165, 1.54) is 7.11 Å². The molecule has 0 N–H and O–H groups in total. The fourth-order valence-corrected chi connectivity index (χ4v) is 3.64. The summed E-state index contributed by atoms with van der Waals surface area (Å²) in [5, 5.41) is 1.32. The summed E-state index contributed by atoms with van der Waals surface area (Å²) in [5.74, 6) is 0.667. The summed E-state index contributed by atoms with van der Waals surface area (Å²) in [4.78, 5) is 0. The molecule has 0 saturated heterocycles. The summed E-state index contributed by atoms with van der Waals surface area (Å²) in [6.45, 7) is 0. The van der Waals surface area contributed by atoms with Gasteiger partial charge < -0.3 is 9.26 Å². The average molecular weight is 262 g/mol. The lowest BCUT2D eigenvalue weighted by Gasteiger charge is -2.17. The number of methoxy groups -OCH3 is 1. The fraction of sp³-hybridized carbons (Fsp3) is 0.143. The van der Waals surface area contributed by atoms with Crippen LogP contribution >= 0.6 is 7.37 Å². The number of hydrogen-bond acceptors (Lipinski definition) is 3. The molecule has 0 spiro atoms. The van der Waals surface area contributed by atoms with Gasteiger partial charge in [0.15, 0.2) is 0 Å². The van der Waals surface area contributed by atoms with Crippen LogP contribution in [-0.4, -0.2) is 14.2 Å². The lowest BCUT2D eigenvalue weighted by atomic mass is 10.3. The van der Waals surface area contributed by atoms with E-state index in [0.717, 1.165) is 0 Å². The molecule has 18 heavy (non-hydrogen) atoms. The normalized spacial score (nSPS) is 13.9. The molecule has 0 aromatic heterocycles. The SMILES string of the molecule is COc1cccc(P(=O)(OC)c2ccccc2)c1. The van der Waals surface area contributed by atoms with Gasteiger partial charge in [-0.15, -0.1) is 0 Å². The molecular formula is C14H15O3P. The van der Waals surface area contributed by atoms with Crippen molar-refractivity contribution in [1.82, 2.24) is 0 Å². The van der Waals surface area contributed by atoms with E-state index in [1.807, 2.05) is 42.5 Å². The molecule has 0 heterocycles. The summed E-state index contributed by atoms with van der Waals surface area (Å²) in [5.41, 5.74) is 0. The van der Waals surface area contributed by atoms with Gasteiger partial charge in [0, 0.05) is 17.7 Å². The Kier molecular flexibility index (Phi) is 3.85. The van der Waals surface area contributed by atoms with Crippen molar-refractivity contribution in [3.63, 3.8) is 0 Å². The second kappa shape index (κ2) is 5.38. The first kappa shape index (κ1) is 12.9. The smallest absolute Gasteiger partial charge is 0.261 e. The Labute approximate surface area is 107 Å². The summed E-state index contributed by atoms with van der Waals surface area (Å²) in [6.07, 6.45) is 0. The Bertz CT molecular complexity index is 566. The fourth-order valence-electron chi connectivity index (χ4n) is 1.78. The number of hydrogen-bond donors (Lipinski definition) is 0. The maximum absolute atomic E-state index is 13.0. The minimum Gasteiger partial charge on any atom is -0.497 e. The second-order valence-electron chi connectivity index (χ2n) is 3.77. The third-order valence-electron chi connectivity index (χ3n) is 2.75. The van der Waals surface area contributed by atoms with Gasteiger partial charge in [-0.1, -0.05) is 24.3 Å². The highest BCUT2D eigenvalue weighted by molar-refractivity contribution is 7.74. The first-order chi connectivity index (χ1) is 8.70. The topological polar surface area (TPSA) is 35.5 Å². The van der Waals surface area contributed by atoms with E-state index in [2.05, 4.69) is 0 Å². The Morgan fingerprint density at radius 1 is 0.889 bits per heavy atom. The highest BCUT2D eigenvalue weighted by Crippen LogP contribution is 2.43. The van der Waals surface area contributed by atoms with Gasteiger partial charge >= 0.3 is 0 Å². The van der Waals surface area contributed by atoms with Crippen molar-refractivity contribution in [3.05, 3.63) is 54.6 Å². The van der Waals surface area contributed by atoms with Crippen LogP contribution in [0.5, 0.6) is 5.75 Å². The largest absolute Gasteiger partial charge is 0.497 e. The molecule has 0 bridgehead atoms.